The van der Waals surface area contributed by atoms with Crippen LogP contribution in [-0.2, 0) is 17.9 Å². The van der Waals surface area contributed by atoms with Crippen molar-refractivity contribution in [3.8, 4) is 5.75 Å². The lowest BCUT2D eigenvalue weighted by molar-refractivity contribution is -0.142. The van der Waals surface area contributed by atoms with Crippen molar-refractivity contribution in [1.82, 2.24) is 9.88 Å². The summed E-state index contributed by atoms with van der Waals surface area (Å²) in [5.74, 6) is 0.0847. The highest BCUT2D eigenvalue weighted by Crippen LogP contribution is 2.40. The summed E-state index contributed by atoms with van der Waals surface area (Å²) in [5, 5.41) is 12.5. The van der Waals surface area contributed by atoms with Crippen molar-refractivity contribution in [1.29, 1.82) is 0 Å². The zero-order chi connectivity index (χ0) is 18.8. The molecule has 0 radical (unpaired) electrons. The Labute approximate surface area is 161 Å². The van der Waals surface area contributed by atoms with Gasteiger partial charge in [-0.2, -0.15) is 0 Å². The van der Waals surface area contributed by atoms with Crippen LogP contribution in [0.4, 0.5) is 4.39 Å². The fourth-order valence-corrected chi connectivity index (χ4v) is 5.07. The fraction of sp³-hybridized carbons (Fsp3) is 0.500. The van der Waals surface area contributed by atoms with E-state index in [-0.39, 0.29) is 5.82 Å². The third-order valence-electron chi connectivity index (χ3n) is 5.63. The fourth-order valence-electron chi connectivity index (χ4n) is 4.37. The Hall–Kier alpha value is -1.99. The van der Waals surface area contributed by atoms with Crippen molar-refractivity contribution in [2.24, 2.45) is 5.92 Å². The third kappa shape index (κ3) is 4.14. The van der Waals surface area contributed by atoms with Crippen molar-refractivity contribution in [2.75, 3.05) is 0 Å². The summed E-state index contributed by atoms with van der Waals surface area (Å²) in [7, 11) is 0. The van der Waals surface area contributed by atoms with Crippen LogP contribution in [0.5, 0.6) is 5.75 Å². The number of halogens is 1. The second kappa shape index (κ2) is 7.94. The van der Waals surface area contributed by atoms with Crippen LogP contribution in [0.1, 0.15) is 42.8 Å². The Morgan fingerprint density at radius 2 is 2.07 bits per heavy atom. The standard InChI is InChI=1S/C20H23FN2O3S/c21-14-5-7-16(8-6-14)26-11-19-22-15(12-27-19)10-23-17-4-2-1-3-13(17)9-18(23)20(24)25/h5-8,12-13,17-18H,1-4,9-11H2,(H,24,25). The van der Waals surface area contributed by atoms with E-state index in [0.29, 0.717) is 30.9 Å². The molecular weight excluding hydrogens is 367 g/mol. The van der Waals surface area contributed by atoms with Gasteiger partial charge < -0.3 is 9.84 Å². The van der Waals surface area contributed by atoms with Gasteiger partial charge in [0.05, 0.1) is 5.69 Å². The summed E-state index contributed by atoms with van der Waals surface area (Å²) >= 11 is 1.51. The van der Waals surface area contributed by atoms with E-state index in [0.717, 1.165) is 30.0 Å². The predicted octanol–water partition coefficient (Wildman–Crippen LogP) is 4.08. The first-order valence-corrected chi connectivity index (χ1v) is 10.3. The van der Waals surface area contributed by atoms with Gasteiger partial charge >= 0.3 is 5.97 Å². The number of hydrogen-bond donors (Lipinski definition) is 1. The van der Waals surface area contributed by atoms with E-state index in [1.807, 2.05) is 5.38 Å². The van der Waals surface area contributed by atoms with Crippen molar-refractivity contribution < 1.29 is 19.0 Å². The summed E-state index contributed by atoms with van der Waals surface area (Å²) in [4.78, 5) is 18.5. The lowest BCUT2D eigenvalue weighted by Gasteiger charge is -2.32. The largest absolute Gasteiger partial charge is 0.486 e. The molecule has 3 unspecified atom stereocenters. The van der Waals surface area contributed by atoms with Gasteiger partial charge in [0.2, 0.25) is 0 Å². The first-order valence-electron chi connectivity index (χ1n) is 9.40. The maximum atomic E-state index is 12.9. The molecule has 2 heterocycles. The van der Waals surface area contributed by atoms with Crippen LogP contribution in [0, 0.1) is 11.7 Å². The number of rotatable bonds is 6. The van der Waals surface area contributed by atoms with E-state index < -0.39 is 12.0 Å². The molecule has 0 amide bonds. The Bertz CT molecular complexity index is 795. The molecule has 0 bridgehead atoms. The van der Waals surface area contributed by atoms with Gasteiger partial charge in [0.1, 0.15) is 29.2 Å². The van der Waals surface area contributed by atoms with E-state index in [4.69, 9.17) is 4.74 Å². The monoisotopic (exact) mass is 390 g/mol. The number of carboxylic acids is 1. The highest BCUT2D eigenvalue weighted by Gasteiger charge is 2.45. The number of benzene rings is 1. The Morgan fingerprint density at radius 3 is 2.85 bits per heavy atom. The van der Waals surface area contributed by atoms with Crippen LogP contribution in [-0.4, -0.2) is 33.0 Å². The number of fused-ring (bicyclic) bond motifs is 1. The third-order valence-corrected chi connectivity index (χ3v) is 6.50. The molecule has 5 nitrogen and oxygen atoms in total. The van der Waals surface area contributed by atoms with Crippen molar-refractivity contribution >= 4 is 17.3 Å². The summed E-state index contributed by atoms with van der Waals surface area (Å²) in [6, 6.07) is 5.87. The van der Waals surface area contributed by atoms with Gasteiger partial charge in [-0.3, -0.25) is 9.69 Å². The number of carboxylic acid groups (broad SMARTS) is 1. The van der Waals surface area contributed by atoms with E-state index in [9.17, 15) is 14.3 Å². The summed E-state index contributed by atoms with van der Waals surface area (Å²) < 4.78 is 18.6. The average molecular weight is 390 g/mol. The number of hydrogen-bond acceptors (Lipinski definition) is 5. The van der Waals surface area contributed by atoms with Crippen LogP contribution in [0.2, 0.25) is 0 Å². The summed E-state index contributed by atoms with van der Waals surface area (Å²) in [5.41, 5.74) is 0.898. The molecule has 1 saturated heterocycles. The topological polar surface area (TPSA) is 62.7 Å². The number of ether oxygens (including phenoxy) is 1. The zero-order valence-electron chi connectivity index (χ0n) is 15.0. The molecule has 3 atom stereocenters. The van der Waals surface area contributed by atoms with Gasteiger partial charge in [-0.1, -0.05) is 12.8 Å². The second-order valence-corrected chi connectivity index (χ2v) is 8.29. The molecule has 1 aromatic heterocycles. The summed E-state index contributed by atoms with van der Waals surface area (Å²) in [6.07, 6.45) is 5.36. The number of thiazole rings is 1. The van der Waals surface area contributed by atoms with Crippen molar-refractivity contribution in [3.63, 3.8) is 0 Å². The van der Waals surface area contributed by atoms with Crippen LogP contribution in [0.25, 0.3) is 0 Å². The van der Waals surface area contributed by atoms with E-state index in [1.54, 1.807) is 12.1 Å². The minimum Gasteiger partial charge on any atom is -0.486 e. The second-order valence-electron chi connectivity index (χ2n) is 7.35. The molecule has 1 aromatic carbocycles. The molecule has 144 valence electrons. The van der Waals surface area contributed by atoms with E-state index in [2.05, 4.69) is 9.88 Å². The normalized spacial score (nSPS) is 25.3. The van der Waals surface area contributed by atoms with Gasteiger partial charge in [-0.05, 0) is 49.4 Å². The Balaban J connectivity index is 1.40. The molecular formula is C20H23FN2O3S. The van der Waals surface area contributed by atoms with Crippen LogP contribution in [0.15, 0.2) is 29.6 Å². The average Bonchev–Trinajstić information content (AvgIpc) is 3.27. The van der Waals surface area contributed by atoms with Crippen molar-refractivity contribution in [2.45, 2.75) is 57.3 Å². The van der Waals surface area contributed by atoms with Gasteiger partial charge in [0.15, 0.2) is 0 Å². The molecule has 4 rings (SSSR count). The molecule has 2 aromatic rings. The molecule has 27 heavy (non-hydrogen) atoms. The number of nitrogens with zero attached hydrogens (tertiary/aromatic N) is 2. The van der Waals surface area contributed by atoms with Gasteiger partial charge in [-0.15, -0.1) is 11.3 Å². The van der Waals surface area contributed by atoms with Gasteiger partial charge in [0.25, 0.3) is 0 Å². The molecule has 1 aliphatic heterocycles. The maximum absolute atomic E-state index is 12.9. The van der Waals surface area contributed by atoms with Gasteiger partial charge in [-0.25, -0.2) is 9.37 Å². The molecule has 2 aliphatic rings. The van der Waals surface area contributed by atoms with Crippen molar-refractivity contribution in [3.05, 3.63) is 46.2 Å². The van der Waals surface area contributed by atoms with Crippen LogP contribution >= 0.6 is 11.3 Å². The quantitative estimate of drug-likeness (QED) is 0.805. The first-order chi connectivity index (χ1) is 13.1. The molecule has 7 heteroatoms. The van der Waals surface area contributed by atoms with E-state index in [1.165, 1.54) is 36.3 Å². The molecule has 1 saturated carbocycles. The minimum atomic E-state index is -0.723. The number of aliphatic carboxylic acids is 1. The van der Waals surface area contributed by atoms with Gasteiger partial charge in [0, 0.05) is 18.0 Å². The minimum absolute atomic E-state index is 0.293. The molecule has 1 aliphatic carbocycles. The maximum Gasteiger partial charge on any atom is 0.320 e. The number of aromatic nitrogens is 1. The highest BCUT2D eigenvalue weighted by atomic mass is 32.1. The van der Waals surface area contributed by atoms with Crippen LogP contribution in [0.3, 0.4) is 0 Å². The lowest BCUT2D eigenvalue weighted by atomic mass is 9.85. The predicted molar refractivity (Wildman–Crippen MR) is 100 cm³/mol. The SMILES string of the molecule is O=C(O)C1CC2CCCCC2N1Cc1csc(COc2ccc(F)cc2)n1. The Morgan fingerprint density at radius 1 is 1.30 bits per heavy atom. The Kier molecular flexibility index (Phi) is 5.41. The number of likely N-dealkylation sites (tertiary alicyclic amines) is 1. The highest BCUT2D eigenvalue weighted by molar-refractivity contribution is 7.09. The molecule has 0 spiro atoms. The molecule has 2 fully saturated rings. The van der Waals surface area contributed by atoms with Crippen LogP contribution < -0.4 is 4.74 Å². The zero-order valence-corrected chi connectivity index (χ0v) is 15.8. The van der Waals surface area contributed by atoms with E-state index >= 15 is 0 Å². The smallest absolute Gasteiger partial charge is 0.320 e. The lowest BCUT2D eigenvalue weighted by Crippen LogP contribution is -2.41. The summed E-state index contributed by atoms with van der Waals surface area (Å²) in [6.45, 7) is 0.899. The number of carbonyl (C=O) groups is 1. The molecule has 1 N–H and O–H groups in total. The first kappa shape index (κ1) is 18.4.